The maximum atomic E-state index is 12.3. The van der Waals surface area contributed by atoms with Crippen molar-refractivity contribution in [3.8, 4) is 11.5 Å². The lowest BCUT2D eigenvalue weighted by molar-refractivity contribution is 0.100. The normalized spacial score (nSPS) is 10.3. The van der Waals surface area contributed by atoms with Gasteiger partial charge in [0.2, 0.25) is 5.78 Å². The number of halogens is 2. The van der Waals surface area contributed by atoms with Crippen LogP contribution in [0.15, 0.2) is 33.4 Å². The molecule has 0 aliphatic carbocycles. The number of ketones is 1. The largest absolute Gasteiger partial charge is 0.495 e. The van der Waals surface area contributed by atoms with Crippen molar-refractivity contribution in [3.05, 3.63) is 45.3 Å². The molecule has 4 nitrogen and oxygen atoms in total. The van der Waals surface area contributed by atoms with E-state index < -0.39 is 0 Å². The Bertz CT molecular complexity index is 621. The summed E-state index contributed by atoms with van der Waals surface area (Å²) >= 11 is 9.26. The van der Waals surface area contributed by atoms with Crippen LogP contribution in [0.2, 0.25) is 5.02 Å². The van der Waals surface area contributed by atoms with E-state index >= 15 is 0 Å². The lowest BCUT2D eigenvalue weighted by Crippen LogP contribution is -2.04. The highest BCUT2D eigenvalue weighted by molar-refractivity contribution is 9.10. The molecular formula is C13H10BrClO4. The van der Waals surface area contributed by atoms with Crippen molar-refractivity contribution in [2.75, 3.05) is 14.2 Å². The Hall–Kier alpha value is -1.46. The Balaban J connectivity index is 2.50. The van der Waals surface area contributed by atoms with Crippen LogP contribution in [0.1, 0.15) is 16.1 Å². The van der Waals surface area contributed by atoms with Crippen LogP contribution in [0.4, 0.5) is 0 Å². The third kappa shape index (κ3) is 2.62. The van der Waals surface area contributed by atoms with Crippen LogP contribution in [0.25, 0.3) is 0 Å². The molecule has 1 aromatic carbocycles. The van der Waals surface area contributed by atoms with Gasteiger partial charge in [-0.05, 0) is 40.2 Å². The lowest BCUT2D eigenvalue weighted by Gasteiger charge is -2.11. The van der Waals surface area contributed by atoms with Gasteiger partial charge in [-0.25, -0.2) is 0 Å². The van der Waals surface area contributed by atoms with Crippen LogP contribution in [0.3, 0.4) is 0 Å². The number of carbonyl (C=O) groups excluding carboxylic acids is 1. The summed E-state index contributed by atoms with van der Waals surface area (Å²) in [6, 6.07) is 6.41. The topological polar surface area (TPSA) is 48.7 Å². The summed E-state index contributed by atoms with van der Waals surface area (Å²) in [5, 5.41) is 0.251. The van der Waals surface area contributed by atoms with Gasteiger partial charge in [-0.15, -0.1) is 0 Å². The van der Waals surface area contributed by atoms with E-state index in [0.29, 0.717) is 16.0 Å². The summed E-state index contributed by atoms with van der Waals surface area (Å²) in [5.41, 5.74) is 0.315. The number of ether oxygens (including phenoxy) is 2. The average molecular weight is 346 g/mol. The van der Waals surface area contributed by atoms with Crippen molar-refractivity contribution in [1.29, 1.82) is 0 Å². The van der Waals surface area contributed by atoms with E-state index in [0.717, 1.165) is 0 Å². The standard InChI is InChI=1S/C13H10BrClO4/c1-17-8-4-3-7(13(18-2)11(8)15)12(16)9-5-6-10(14)19-9/h3-6H,1-2H3. The SMILES string of the molecule is COc1ccc(C(=O)c2ccc(Br)o2)c(OC)c1Cl. The molecule has 1 heterocycles. The van der Waals surface area contributed by atoms with Crippen LogP contribution in [-0.2, 0) is 0 Å². The van der Waals surface area contributed by atoms with Crippen LogP contribution in [-0.4, -0.2) is 20.0 Å². The fraction of sp³-hybridized carbons (Fsp3) is 0.154. The molecule has 6 heteroatoms. The van der Waals surface area contributed by atoms with E-state index in [4.69, 9.17) is 25.5 Å². The molecular weight excluding hydrogens is 335 g/mol. The average Bonchev–Trinajstić information content (AvgIpc) is 2.84. The van der Waals surface area contributed by atoms with E-state index in [9.17, 15) is 4.79 Å². The third-order valence-corrected chi connectivity index (χ3v) is 3.31. The molecule has 0 unspecified atom stereocenters. The molecule has 19 heavy (non-hydrogen) atoms. The fourth-order valence-corrected chi connectivity index (χ4v) is 2.27. The molecule has 2 rings (SSSR count). The zero-order valence-electron chi connectivity index (χ0n) is 10.2. The van der Waals surface area contributed by atoms with Gasteiger partial charge in [0.15, 0.2) is 16.2 Å². The predicted molar refractivity (Wildman–Crippen MR) is 74.4 cm³/mol. The van der Waals surface area contributed by atoms with E-state index in [1.165, 1.54) is 14.2 Å². The summed E-state index contributed by atoms with van der Waals surface area (Å²) in [6.07, 6.45) is 0. The van der Waals surface area contributed by atoms with E-state index in [1.54, 1.807) is 24.3 Å². The van der Waals surface area contributed by atoms with Crippen LogP contribution >= 0.6 is 27.5 Å². The lowest BCUT2D eigenvalue weighted by atomic mass is 10.1. The number of benzene rings is 1. The van der Waals surface area contributed by atoms with Gasteiger partial charge in [-0.1, -0.05) is 11.6 Å². The Morgan fingerprint density at radius 2 is 1.95 bits per heavy atom. The maximum absolute atomic E-state index is 12.3. The Labute approximate surface area is 123 Å². The molecule has 2 aromatic rings. The number of hydrogen-bond donors (Lipinski definition) is 0. The molecule has 0 radical (unpaired) electrons. The summed E-state index contributed by atoms with van der Waals surface area (Å²) in [4.78, 5) is 12.3. The molecule has 0 saturated carbocycles. The van der Waals surface area contributed by atoms with Gasteiger partial charge in [0.25, 0.3) is 0 Å². The van der Waals surface area contributed by atoms with E-state index in [2.05, 4.69) is 15.9 Å². The van der Waals surface area contributed by atoms with Crippen LogP contribution < -0.4 is 9.47 Å². The molecule has 0 bridgehead atoms. The molecule has 0 spiro atoms. The minimum atomic E-state index is -0.313. The molecule has 1 aromatic heterocycles. The van der Waals surface area contributed by atoms with Gasteiger partial charge in [0.1, 0.15) is 10.8 Å². The van der Waals surface area contributed by atoms with E-state index in [1.807, 2.05) is 0 Å². The first kappa shape index (κ1) is 14.0. The Kier molecular flexibility index (Phi) is 4.17. The van der Waals surface area contributed by atoms with Gasteiger partial charge < -0.3 is 13.9 Å². The van der Waals surface area contributed by atoms with Crippen molar-refractivity contribution in [1.82, 2.24) is 0 Å². The Morgan fingerprint density at radius 1 is 1.21 bits per heavy atom. The first-order chi connectivity index (χ1) is 9.08. The van der Waals surface area contributed by atoms with Crippen molar-refractivity contribution in [3.63, 3.8) is 0 Å². The summed E-state index contributed by atoms with van der Waals surface area (Å²) < 4.78 is 16.0. The summed E-state index contributed by atoms with van der Waals surface area (Å²) in [7, 11) is 2.93. The highest BCUT2D eigenvalue weighted by atomic mass is 79.9. The highest BCUT2D eigenvalue weighted by Gasteiger charge is 2.21. The van der Waals surface area contributed by atoms with Gasteiger partial charge in [0, 0.05) is 0 Å². The zero-order chi connectivity index (χ0) is 14.0. The minimum absolute atomic E-state index is 0.200. The maximum Gasteiger partial charge on any atom is 0.232 e. The molecule has 0 saturated heterocycles. The number of hydrogen-bond acceptors (Lipinski definition) is 4. The molecule has 0 fully saturated rings. The zero-order valence-corrected chi connectivity index (χ0v) is 12.5. The first-order valence-corrected chi connectivity index (χ1v) is 6.46. The summed E-state index contributed by atoms with van der Waals surface area (Å²) in [6.45, 7) is 0. The van der Waals surface area contributed by atoms with E-state index in [-0.39, 0.29) is 22.3 Å². The first-order valence-electron chi connectivity index (χ1n) is 5.29. The van der Waals surface area contributed by atoms with Crippen LogP contribution in [0, 0.1) is 0 Å². The number of carbonyl (C=O) groups is 1. The fourth-order valence-electron chi connectivity index (χ4n) is 1.64. The van der Waals surface area contributed by atoms with Crippen LogP contribution in [0.5, 0.6) is 11.5 Å². The van der Waals surface area contributed by atoms with Gasteiger partial charge >= 0.3 is 0 Å². The number of rotatable bonds is 4. The molecule has 0 aliphatic rings. The summed E-state index contributed by atoms with van der Waals surface area (Å²) in [5.74, 6) is 0.591. The molecule has 0 amide bonds. The number of furan rings is 1. The second-order valence-electron chi connectivity index (χ2n) is 3.60. The molecule has 100 valence electrons. The third-order valence-electron chi connectivity index (χ3n) is 2.53. The van der Waals surface area contributed by atoms with Crippen molar-refractivity contribution in [2.24, 2.45) is 0 Å². The van der Waals surface area contributed by atoms with Gasteiger partial charge in [0.05, 0.1) is 19.8 Å². The highest BCUT2D eigenvalue weighted by Crippen LogP contribution is 2.37. The van der Waals surface area contributed by atoms with Crippen molar-refractivity contribution >= 4 is 33.3 Å². The van der Waals surface area contributed by atoms with Gasteiger partial charge in [-0.2, -0.15) is 0 Å². The minimum Gasteiger partial charge on any atom is -0.495 e. The second kappa shape index (κ2) is 5.67. The predicted octanol–water partition coefficient (Wildman–Crippen LogP) is 3.94. The molecule has 0 aliphatic heterocycles. The molecule has 0 atom stereocenters. The smallest absolute Gasteiger partial charge is 0.232 e. The second-order valence-corrected chi connectivity index (χ2v) is 4.76. The van der Waals surface area contributed by atoms with Gasteiger partial charge in [-0.3, -0.25) is 4.79 Å². The van der Waals surface area contributed by atoms with Crippen molar-refractivity contribution in [2.45, 2.75) is 0 Å². The Morgan fingerprint density at radius 3 is 2.47 bits per heavy atom. The monoisotopic (exact) mass is 344 g/mol. The molecule has 0 N–H and O–H groups in total. The van der Waals surface area contributed by atoms with Crippen molar-refractivity contribution < 1.29 is 18.7 Å². The number of methoxy groups -OCH3 is 2. The quantitative estimate of drug-likeness (QED) is 0.787.